The Kier molecular flexibility index (Phi) is 4.83. The SMILES string of the molecule is CC(=O)Nc1nc(C)c(S(=O)(=O)NCC(C)C)s1. The fraction of sp³-hybridized carbons (Fsp3) is 0.600. The van der Waals surface area contributed by atoms with Gasteiger partial charge in [-0.2, -0.15) is 0 Å². The van der Waals surface area contributed by atoms with Crippen molar-refractivity contribution in [1.82, 2.24) is 9.71 Å². The van der Waals surface area contributed by atoms with Crippen LogP contribution in [0.25, 0.3) is 0 Å². The van der Waals surface area contributed by atoms with E-state index < -0.39 is 10.0 Å². The molecule has 0 saturated heterocycles. The van der Waals surface area contributed by atoms with E-state index in [4.69, 9.17) is 0 Å². The lowest BCUT2D eigenvalue weighted by molar-refractivity contribution is -0.114. The first-order valence-corrected chi connectivity index (χ1v) is 7.77. The van der Waals surface area contributed by atoms with Gasteiger partial charge in [-0.1, -0.05) is 25.2 Å². The van der Waals surface area contributed by atoms with Crippen LogP contribution >= 0.6 is 11.3 Å². The van der Waals surface area contributed by atoms with E-state index in [1.807, 2.05) is 13.8 Å². The normalized spacial score (nSPS) is 11.8. The van der Waals surface area contributed by atoms with Gasteiger partial charge in [0.15, 0.2) is 9.34 Å². The summed E-state index contributed by atoms with van der Waals surface area (Å²) in [5.74, 6) is -0.0503. The zero-order valence-electron chi connectivity index (χ0n) is 10.8. The number of amides is 1. The maximum Gasteiger partial charge on any atom is 0.252 e. The third-order valence-electron chi connectivity index (χ3n) is 1.96. The molecule has 102 valence electrons. The molecule has 0 spiro atoms. The molecule has 6 nitrogen and oxygen atoms in total. The van der Waals surface area contributed by atoms with E-state index in [0.29, 0.717) is 17.4 Å². The van der Waals surface area contributed by atoms with Crippen LogP contribution in [0, 0.1) is 12.8 Å². The van der Waals surface area contributed by atoms with Gasteiger partial charge >= 0.3 is 0 Å². The van der Waals surface area contributed by atoms with Crippen molar-refractivity contribution in [3.8, 4) is 0 Å². The van der Waals surface area contributed by atoms with E-state index in [9.17, 15) is 13.2 Å². The number of hydrogen-bond donors (Lipinski definition) is 2. The van der Waals surface area contributed by atoms with Gasteiger partial charge in [0.25, 0.3) is 10.0 Å². The molecule has 1 aromatic rings. The molecule has 18 heavy (non-hydrogen) atoms. The van der Waals surface area contributed by atoms with Crippen molar-refractivity contribution in [2.24, 2.45) is 5.92 Å². The second-order valence-corrected chi connectivity index (χ2v) is 7.28. The molecule has 1 rings (SSSR count). The molecule has 0 aliphatic carbocycles. The van der Waals surface area contributed by atoms with E-state index in [0.717, 1.165) is 11.3 Å². The van der Waals surface area contributed by atoms with Crippen molar-refractivity contribution in [2.45, 2.75) is 31.9 Å². The van der Waals surface area contributed by atoms with Gasteiger partial charge in [0.2, 0.25) is 5.91 Å². The number of nitrogens with zero attached hydrogens (tertiary/aromatic N) is 1. The average Bonchev–Trinajstić information content (AvgIpc) is 2.56. The molecule has 1 aromatic heterocycles. The third-order valence-corrected chi connectivity index (χ3v) is 5.07. The standard InChI is InChI=1S/C10H17N3O3S2/c1-6(2)5-11-18(15,16)9-7(3)12-10(17-9)13-8(4)14/h6,11H,5H2,1-4H3,(H,12,13,14). The predicted octanol–water partition coefficient (Wildman–Crippen LogP) is 1.34. The highest BCUT2D eigenvalue weighted by Gasteiger charge is 2.22. The van der Waals surface area contributed by atoms with Crippen molar-refractivity contribution in [2.75, 3.05) is 11.9 Å². The van der Waals surface area contributed by atoms with Crippen LogP contribution in [-0.4, -0.2) is 25.9 Å². The first-order valence-electron chi connectivity index (χ1n) is 5.47. The van der Waals surface area contributed by atoms with Gasteiger partial charge < -0.3 is 5.32 Å². The van der Waals surface area contributed by atoms with Gasteiger partial charge in [0, 0.05) is 13.5 Å². The zero-order chi connectivity index (χ0) is 13.9. The predicted molar refractivity (Wildman–Crippen MR) is 71.2 cm³/mol. The second kappa shape index (κ2) is 5.77. The topological polar surface area (TPSA) is 88.2 Å². The summed E-state index contributed by atoms with van der Waals surface area (Å²) in [5, 5.41) is 2.78. The maximum absolute atomic E-state index is 12.0. The molecule has 0 fully saturated rings. The number of aromatic nitrogens is 1. The minimum Gasteiger partial charge on any atom is -0.302 e. The Hall–Kier alpha value is -0.990. The summed E-state index contributed by atoms with van der Waals surface area (Å²) < 4.78 is 26.7. The summed E-state index contributed by atoms with van der Waals surface area (Å²) in [6, 6.07) is 0. The molecular formula is C10H17N3O3S2. The van der Waals surface area contributed by atoms with Crippen molar-refractivity contribution in [3.05, 3.63) is 5.69 Å². The number of carbonyl (C=O) groups is 1. The Labute approximate surface area is 111 Å². The number of carbonyl (C=O) groups excluding carboxylic acids is 1. The largest absolute Gasteiger partial charge is 0.302 e. The first-order chi connectivity index (χ1) is 8.22. The monoisotopic (exact) mass is 291 g/mol. The highest BCUT2D eigenvalue weighted by Crippen LogP contribution is 2.26. The van der Waals surface area contributed by atoms with E-state index in [1.54, 1.807) is 6.92 Å². The molecule has 0 aromatic carbocycles. The van der Waals surface area contributed by atoms with Crippen molar-refractivity contribution < 1.29 is 13.2 Å². The summed E-state index contributed by atoms with van der Waals surface area (Å²) in [6.07, 6.45) is 0. The van der Waals surface area contributed by atoms with Crippen LogP contribution in [0.1, 0.15) is 26.5 Å². The molecular weight excluding hydrogens is 274 g/mol. The van der Waals surface area contributed by atoms with Crippen LogP contribution in [-0.2, 0) is 14.8 Å². The lowest BCUT2D eigenvalue weighted by Gasteiger charge is -2.07. The van der Waals surface area contributed by atoms with E-state index in [-0.39, 0.29) is 16.0 Å². The molecule has 0 saturated carbocycles. The fourth-order valence-electron chi connectivity index (χ4n) is 1.18. The minimum absolute atomic E-state index is 0.145. The van der Waals surface area contributed by atoms with Crippen molar-refractivity contribution >= 4 is 32.4 Å². The first kappa shape index (κ1) is 15.1. The number of hydrogen-bond acceptors (Lipinski definition) is 5. The molecule has 1 heterocycles. The second-order valence-electron chi connectivity index (χ2n) is 4.32. The number of rotatable bonds is 5. The summed E-state index contributed by atoms with van der Waals surface area (Å²) >= 11 is 0.953. The molecule has 0 bridgehead atoms. The van der Waals surface area contributed by atoms with Crippen LogP contribution in [0.3, 0.4) is 0 Å². The van der Waals surface area contributed by atoms with Gasteiger partial charge in [0.1, 0.15) is 0 Å². The summed E-state index contributed by atoms with van der Waals surface area (Å²) in [4.78, 5) is 14.9. The Balaban J connectivity index is 2.95. The van der Waals surface area contributed by atoms with Gasteiger partial charge in [-0.05, 0) is 12.8 Å². The highest BCUT2D eigenvalue weighted by atomic mass is 32.2. The Bertz CT molecular complexity index is 535. The average molecular weight is 291 g/mol. The van der Waals surface area contributed by atoms with Gasteiger partial charge in [-0.25, -0.2) is 18.1 Å². The highest BCUT2D eigenvalue weighted by molar-refractivity contribution is 7.91. The number of anilines is 1. The Morgan fingerprint density at radius 2 is 2.06 bits per heavy atom. The van der Waals surface area contributed by atoms with Crippen LogP contribution in [0.4, 0.5) is 5.13 Å². The number of aryl methyl sites for hydroxylation is 1. The maximum atomic E-state index is 12.0. The number of nitrogens with one attached hydrogen (secondary N) is 2. The lowest BCUT2D eigenvalue weighted by atomic mass is 10.2. The van der Waals surface area contributed by atoms with Crippen LogP contribution in [0.15, 0.2) is 4.21 Å². The molecule has 2 N–H and O–H groups in total. The Morgan fingerprint density at radius 3 is 2.56 bits per heavy atom. The lowest BCUT2D eigenvalue weighted by Crippen LogP contribution is -2.27. The quantitative estimate of drug-likeness (QED) is 0.857. The molecule has 0 aliphatic heterocycles. The summed E-state index contributed by atoms with van der Waals surface area (Å²) in [6.45, 7) is 7.17. The van der Waals surface area contributed by atoms with Crippen LogP contribution in [0.2, 0.25) is 0 Å². The molecule has 0 atom stereocenters. The molecule has 1 amide bonds. The minimum atomic E-state index is -3.55. The van der Waals surface area contributed by atoms with Gasteiger partial charge in [0.05, 0.1) is 5.69 Å². The van der Waals surface area contributed by atoms with E-state index in [2.05, 4.69) is 15.0 Å². The van der Waals surface area contributed by atoms with E-state index in [1.165, 1.54) is 6.92 Å². The molecule has 8 heteroatoms. The van der Waals surface area contributed by atoms with Crippen LogP contribution < -0.4 is 10.0 Å². The Morgan fingerprint density at radius 1 is 1.44 bits per heavy atom. The molecule has 0 radical (unpaired) electrons. The number of thiazole rings is 1. The number of sulfonamides is 1. The summed E-state index contributed by atoms with van der Waals surface area (Å²) in [5.41, 5.74) is 0.389. The van der Waals surface area contributed by atoms with Crippen LogP contribution in [0.5, 0.6) is 0 Å². The van der Waals surface area contributed by atoms with Crippen molar-refractivity contribution in [3.63, 3.8) is 0 Å². The van der Waals surface area contributed by atoms with Gasteiger partial charge in [-0.15, -0.1) is 0 Å². The van der Waals surface area contributed by atoms with Crippen molar-refractivity contribution in [1.29, 1.82) is 0 Å². The van der Waals surface area contributed by atoms with Gasteiger partial charge in [-0.3, -0.25) is 4.79 Å². The molecule has 0 aliphatic rings. The van der Waals surface area contributed by atoms with E-state index >= 15 is 0 Å². The third kappa shape index (κ3) is 4.04. The fourth-order valence-corrected chi connectivity index (χ4v) is 3.89. The zero-order valence-corrected chi connectivity index (χ0v) is 12.4. The molecule has 0 unspecified atom stereocenters. The summed E-state index contributed by atoms with van der Waals surface area (Å²) in [7, 11) is -3.55. The smallest absolute Gasteiger partial charge is 0.252 e.